The molecule has 0 aromatic heterocycles. The summed E-state index contributed by atoms with van der Waals surface area (Å²) in [7, 11) is 0. The number of rotatable bonds is 3. The van der Waals surface area contributed by atoms with Crippen molar-refractivity contribution in [3.8, 4) is 0 Å². The molecule has 3 rings (SSSR count). The summed E-state index contributed by atoms with van der Waals surface area (Å²) in [5.41, 5.74) is 8.51. The van der Waals surface area contributed by atoms with Crippen LogP contribution in [0.5, 0.6) is 0 Å². The van der Waals surface area contributed by atoms with E-state index in [1.807, 2.05) is 0 Å². The summed E-state index contributed by atoms with van der Waals surface area (Å²) in [5, 5.41) is 3.92. The maximum absolute atomic E-state index is 14.4. The predicted molar refractivity (Wildman–Crippen MR) is 84.8 cm³/mol. The van der Waals surface area contributed by atoms with Gasteiger partial charge in [0.1, 0.15) is 17.0 Å². The summed E-state index contributed by atoms with van der Waals surface area (Å²) in [5.74, 6) is -0.746. The Kier molecular flexibility index (Phi) is 4.22. The lowest BCUT2D eigenvalue weighted by atomic mass is 10.2. The van der Waals surface area contributed by atoms with E-state index < -0.39 is 11.9 Å². The number of carbonyl (C=O) groups is 2. The first-order valence-electron chi connectivity index (χ1n) is 7.02. The van der Waals surface area contributed by atoms with Crippen molar-refractivity contribution in [3.05, 3.63) is 29.6 Å². The third kappa shape index (κ3) is 3.02. The molecule has 1 saturated heterocycles. The highest BCUT2D eigenvalue weighted by Crippen LogP contribution is 2.28. The molecular formula is C14H15FN4O3S. The van der Waals surface area contributed by atoms with Crippen molar-refractivity contribution >= 4 is 34.5 Å². The lowest BCUT2D eigenvalue weighted by Crippen LogP contribution is -2.33. The molecule has 7 nitrogen and oxygen atoms in total. The number of hydrogen-bond acceptors (Lipinski definition) is 6. The molecule has 0 saturated carbocycles. The largest absolute Gasteiger partial charge is 0.443 e. The van der Waals surface area contributed by atoms with Crippen molar-refractivity contribution in [2.24, 2.45) is 10.8 Å². The molecule has 2 aliphatic heterocycles. The number of halogens is 1. The number of hydrogen-bond donors (Lipinski definition) is 2. The maximum atomic E-state index is 14.4. The Morgan fingerprint density at radius 3 is 2.91 bits per heavy atom. The van der Waals surface area contributed by atoms with E-state index in [9.17, 15) is 14.0 Å². The Balaban J connectivity index is 1.84. The van der Waals surface area contributed by atoms with E-state index in [4.69, 9.17) is 10.5 Å². The lowest BCUT2D eigenvalue weighted by Gasteiger charge is -2.19. The molecular weight excluding hydrogens is 323 g/mol. The molecule has 2 amide bonds. The average molecular weight is 338 g/mol. The van der Waals surface area contributed by atoms with Gasteiger partial charge in [-0.2, -0.15) is 5.10 Å². The van der Waals surface area contributed by atoms with E-state index in [0.29, 0.717) is 10.7 Å². The fourth-order valence-corrected chi connectivity index (χ4v) is 3.15. The lowest BCUT2D eigenvalue weighted by molar-refractivity contribution is -0.120. The van der Waals surface area contributed by atoms with E-state index in [-0.39, 0.29) is 35.9 Å². The highest BCUT2D eigenvalue weighted by molar-refractivity contribution is 8.15. The standard InChI is InChI=1S/C14H15FN4O3S/c1-7-12(20)17-18-13(23-7)10-3-2-8(4-11(10)15)19-6-9(5-16)22-14(19)21/h2-4,7,9H,5-6,16H2,1H3,(H,17,20)/t7-,9-/m0/s1. The number of ether oxygens (including phenoxy) is 1. The van der Waals surface area contributed by atoms with Gasteiger partial charge < -0.3 is 10.5 Å². The van der Waals surface area contributed by atoms with E-state index >= 15 is 0 Å². The molecule has 0 bridgehead atoms. The second-order valence-electron chi connectivity index (χ2n) is 5.17. The van der Waals surface area contributed by atoms with Crippen LogP contribution in [0.25, 0.3) is 0 Å². The summed E-state index contributed by atoms with van der Waals surface area (Å²) >= 11 is 1.18. The van der Waals surface area contributed by atoms with Gasteiger partial charge in [-0.3, -0.25) is 9.69 Å². The first-order chi connectivity index (χ1) is 11.0. The van der Waals surface area contributed by atoms with Crippen molar-refractivity contribution in [2.45, 2.75) is 18.3 Å². The number of nitrogens with one attached hydrogen (secondary N) is 1. The molecule has 9 heteroatoms. The van der Waals surface area contributed by atoms with Crippen LogP contribution in [-0.4, -0.2) is 41.5 Å². The highest BCUT2D eigenvalue weighted by Gasteiger charge is 2.32. The molecule has 0 unspecified atom stereocenters. The smallest absolute Gasteiger partial charge is 0.414 e. The molecule has 2 atom stereocenters. The molecule has 0 spiro atoms. The van der Waals surface area contributed by atoms with Crippen molar-refractivity contribution in [1.29, 1.82) is 0 Å². The quantitative estimate of drug-likeness (QED) is 0.858. The van der Waals surface area contributed by atoms with Gasteiger partial charge in [0.2, 0.25) is 0 Å². The van der Waals surface area contributed by atoms with Crippen LogP contribution in [0, 0.1) is 5.82 Å². The van der Waals surface area contributed by atoms with Crippen molar-refractivity contribution in [1.82, 2.24) is 5.43 Å². The SMILES string of the molecule is C[C@@H]1SC(c2ccc(N3C[C@H](CN)OC3=O)cc2F)=NNC1=O. The maximum Gasteiger partial charge on any atom is 0.414 e. The van der Waals surface area contributed by atoms with Crippen molar-refractivity contribution in [2.75, 3.05) is 18.0 Å². The molecule has 0 aliphatic carbocycles. The number of thioether (sulfide) groups is 1. The molecule has 1 aromatic carbocycles. The number of carbonyl (C=O) groups excluding carboxylic acids is 2. The van der Waals surface area contributed by atoms with Gasteiger partial charge in [-0.15, -0.1) is 0 Å². The van der Waals surface area contributed by atoms with E-state index in [1.165, 1.54) is 28.8 Å². The molecule has 122 valence electrons. The molecule has 1 aromatic rings. The minimum atomic E-state index is -0.544. The molecule has 23 heavy (non-hydrogen) atoms. The fraction of sp³-hybridized carbons (Fsp3) is 0.357. The average Bonchev–Trinajstić information content (AvgIpc) is 2.91. The second kappa shape index (κ2) is 6.17. The fourth-order valence-electron chi connectivity index (χ4n) is 2.27. The Labute approximate surface area is 136 Å². The van der Waals surface area contributed by atoms with Gasteiger partial charge in [0.25, 0.3) is 5.91 Å². The first-order valence-corrected chi connectivity index (χ1v) is 7.90. The third-order valence-corrected chi connectivity index (χ3v) is 4.66. The molecule has 0 radical (unpaired) electrons. The van der Waals surface area contributed by atoms with E-state index in [0.717, 1.165) is 0 Å². The van der Waals surface area contributed by atoms with Crippen LogP contribution in [0.2, 0.25) is 0 Å². The highest BCUT2D eigenvalue weighted by atomic mass is 32.2. The minimum Gasteiger partial charge on any atom is -0.443 e. The van der Waals surface area contributed by atoms with Crippen LogP contribution in [0.3, 0.4) is 0 Å². The summed E-state index contributed by atoms with van der Waals surface area (Å²) in [6, 6.07) is 4.39. The summed E-state index contributed by atoms with van der Waals surface area (Å²) in [6.45, 7) is 2.22. The van der Waals surface area contributed by atoms with Crippen LogP contribution in [0.1, 0.15) is 12.5 Å². The summed E-state index contributed by atoms with van der Waals surface area (Å²) in [4.78, 5) is 24.5. The number of nitrogens with zero attached hydrogens (tertiary/aromatic N) is 2. The Morgan fingerprint density at radius 2 is 2.30 bits per heavy atom. The molecule has 2 heterocycles. The van der Waals surface area contributed by atoms with E-state index in [1.54, 1.807) is 13.0 Å². The van der Waals surface area contributed by atoms with Gasteiger partial charge in [-0.05, 0) is 25.1 Å². The number of cyclic esters (lactones) is 1. The van der Waals surface area contributed by atoms with Gasteiger partial charge in [-0.25, -0.2) is 14.6 Å². The number of nitrogens with two attached hydrogens (primary N) is 1. The molecule has 3 N–H and O–H groups in total. The number of anilines is 1. The van der Waals surface area contributed by atoms with Crippen LogP contribution >= 0.6 is 11.8 Å². The number of hydrazone groups is 1. The van der Waals surface area contributed by atoms with Crippen molar-refractivity contribution in [3.63, 3.8) is 0 Å². The van der Waals surface area contributed by atoms with Crippen LogP contribution < -0.4 is 16.1 Å². The zero-order valence-corrected chi connectivity index (χ0v) is 13.1. The van der Waals surface area contributed by atoms with Crippen LogP contribution in [-0.2, 0) is 9.53 Å². The number of amides is 2. The first kappa shape index (κ1) is 15.8. The predicted octanol–water partition coefficient (Wildman–Crippen LogP) is 1.02. The zero-order valence-electron chi connectivity index (χ0n) is 12.3. The monoisotopic (exact) mass is 338 g/mol. The van der Waals surface area contributed by atoms with Gasteiger partial charge in [0.15, 0.2) is 0 Å². The summed E-state index contributed by atoms with van der Waals surface area (Å²) in [6.07, 6.45) is -0.933. The summed E-state index contributed by atoms with van der Waals surface area (Å²) < 4.78 is 19.5. The van der Waals surface area contributed by atoms with Gasteiger partial charge >= 0.3 is 6.09 Å². The molecule has 2 aliphatic rings. The topological polar surface area (TPSA) is 97.0 Å². The number of benzene rings is 1. The second-order valence-corrected chi connectivity index (χ2v) is 6.50. The van der Waals surface area contributed by atoms with Crippen LogP contribution in [0.15, 0.2) is 23.3 Å². The van der Waals surface area contributed by atoms with Gasteiger partial charge in [0, 0.05) is 12.1 Å². The van der Waals surface area contributed by atoms with Gasteiger partial charge in [-0.1, -0.05) is 11.8 Å². The Morgan fingerprint density at radius 1 is 1.52 bits per heavy atom. The Hall–Kier alpha value is -2.13. The third-order valence-electron chi connectivity index (χ3n) is 3.56. The normalized spacial score (nSPS) is 24.3. The van der Waals surface area contributed by atoms with Crippen LogP contribution in [0.4, 0.5) is 14.9 Å². The van der Waals surface area contributed by atoms with Crippen molar-refractivity contribution < 1.29 is 18.7 Å². The van der Waals surface area contributed by atoms with E-state index in [2.05, 4.69) is 10.5 Å². The minimum absolute atomic E-state index is 0.216. The molecule has 1 fully saturated rings. The van der Waals surface area contributed by atoms with Gasteiger partial charge in [0.05, 0.1) is 17.5 Å². The zero-order chi connectivity index (χ0) is 16.6. The Bertz CT molecular complexity index is 697.